The van der Waals surface area contributed by atoms with Crippen LogP contribution in [0.1, 0.15) is 39.2 Å². The Bertz CT molecular complexity index is 716. The van der Waals surface area contributed by atoms with Crippen LogP contribution in [0.4, 0.5) is 13.2 Å². The van der Waals surface area contributed by atoms with E-state index in [1.54, 1.807) is 6.07 Å². The molecule has 1 aromatic carbocycles. The van der Waals surface area contributed by atoms with Crippen LogP contribution in [-0.4, -0.2) is 36.1 Å². The van der Waals surface area contributed by atoms with Gasteiger partial charge in [-0.2, -0.15) is 13.2 Å². The van der Waals surface area contributed by atoms with Crippen molar-refractivity contribution in [1.29, 1.82) is 0 Å². The summed E-state index contributed by atoms with van der Waals surface area (Å²) in [6.07, 6.45) is -4.89. The Morgan fingerprint density at radius 2 is 1.81 bits per heavy atom. The molecule has 0 unspecified atom stereocenters. The van der Waals surface area contributed by atoms with Crippen LogP contribution in [0.3, 0.4) is 0 Å². The number of esters is 1. The number of hydrogen-bond donors (Lipinski definition) is 1. The Morgan fingerprint density at radius 1 is 1.22 bits per heavy atom. The molecule has 0 aromatic heterocycles. The van der Waals surface area contributed by atoms with E-state index in [1.165, 1.54) is 31.2 Å². The third-order valence-corrected chi connectivity index (χ3v) is 6.61. The van der Waals surface area contributed by atoms with E-state index in [0.29, 0.717) is 6.42 Å². The first-order chi connectivity index (χ1) is 12.4. The maximum atomic E-state index is 14.0. The molecule has 27 heavy (non-hydrogen) atoms. The number of halogens is 3. The highest BCUT2D eigenvalue weighted by atomic mass is 19.4. The molecule has 0 amide bonds. The number of carbonyl (C=O) groups is 1. The third-order valence-electron chi connectivity index (χ3n) is 6.61. The average Bonchev–Trinajstić information content (AvgIpc) is 3.27. The van der Waals surface area contributed by atoms with E-state index in [-0.39, 0.29) is 22.8 Å². The van der Waals surface area contributed by atoms with Crippen molar-refractivity contribution >= 4 is 5.97 Å². The van der Waals surface area contributed by atoms with E-state index < -0.39 is 29.5 Å². The molecule has 150 valence electrons. The lowest BCUT2D eigenvalue weighted by atomic mass is 9.89. The fourth-order valence-corrected chi connectivity index (χ4v) is 4.75. The van der Waals surface area contributed by atoms with Crippen molar-refractivity contribution in [2.24, 2.45) is 17.3 Å². The van der Waals surface area contributed by atoms with Crippen LogP contribution in [0.15, 0.2) is 30.3 Å². The van der Waals surface area contributed by atoms with Crippen molar-refractivity contribution in [2.75, 3.05) is 7.11 Å². The van der Waals surface area contributed by atoms with Gasteiger partial charge in [0.1, 0.15) is 11.7 Å². The molecular formula is C20H25F3O4. The summed E-state index contributed by atoms with van der Waals surface area (Å²) in [5.74, 6) is -1.39. The number of ether oxygens (including phenoxy) is 2. The number of carbonyl (C=O) groups excluding carboxylic acids is 1. The number of methoxy groups -OCH3 is 1. The van der Waals surface area contributed by atoms with Crippen LogP contribution >= 0.6 is 0 Å². The Kier molecular flexibility index (Phi) is 4.63. The fourth-order valence-electron chi connectivity index (χ4n) is 4.75. The van der Waals surface area contributed by atoms with Crippen molar-refractivity contribution in [2.45, 2.75) is 57.1 Å². The number of fused-ring (bicyclic) bond motifs is 1. The highest BCUT2D eigenvalue weighted by Gasteiger charge is 2.73. The zero-order valence-electron chi connectivity index (χ0n) is 15.8. The number of hydrogen-bond acceptors (Lipinski definition) is 4. The molecule has 2 fully saturated rings. The molecule has 1 aromatic rings. The topological polar surface area (TPSA) is 55.8 Å². The summed E-state index contributed by atoms with van der Waals surface area (Å²) in [4.78, 5) is 12.8. The zero-order valence-corrected chi connectivity index (χ0v) is 15.8. The van der Waals surface area contributed by atoms with Crippen molar-refractivity contribution in [1.82, 2.24) is 0 Å². The average molecular weight is 386 g/mol. The van der Waals surface area contributed by atoms with Crippen LogP contribution in [0.5, 0.6) is 0 Å². The Labute approximate surface area is 156 Å². The van der Waals surface area contributed by atoms with E-state index in [4.69, 9.17) is 9.47 Å². The zero-order chi connectivity index (χ0) is 20.3. The fraction of sp³-hybridized carbons (Fsp3) is 0.650. The van der Waals surface area contributed by atoms with Crippen LogP contribution < -0.4 is 0 Å². The maximum Gasteiger partial charge on any atom is 0.432 e. The maximum absolute atomic E-state index is 14.0. The van der Waals surface area contributed by atoms with Crippen LogP contribution in [0.25, 0.3) is 0 Å². The summed E-state index contributed by atoms with van der Waals surface area (Å²) in [5.41, 5.74) is -5.13. The van der Waals surface area contributed by atoms with Gasteiger partial charge in [-0.25, -0.2) is 4.79 Å². The molecule has 2 aliphatic carbocycles. The summed E-state index contributed by atoms with van der Waals surface area (Å²) in [7, 11) is 0.835. The van der Waals surface area contributed by atoms with Gasteiger partial charge in [-0.05, 0) is 37.0 Å². The lowest BCUT2D eigenvalue weighted by Gasteiger charge is -2.36. The van der Waals surface area contributed by atoms with Gasteiger partial charge >= 0.3 is 12.1 Å². The lowest BCUT2D eigenvalue weighted by molar-refractivity contribution is -0.280. The third kappa shape index (κ3) is 2.78. The molecule has 2 saturated carbocycles. The predicted octanol–water partition coefficient (Wildman–Crippen LogP) is 3.82. The minimum atomic E-state index is -5.02. The van der Waals surface area contributed by atoms with Crippen molar-refractivity contribution in [3.8, 4) is 0 Å². The number of aliphatic hydroxyl groups is 1. The predicted molar refractivity (Wildman–Crippen MR) is 91.7 cm³/mol. The molecule has 7 heteroatoms. The number of alkyl halides is 3. The molecule has 3 rings (SSSR count). The molecule has 0 radical (unpaired) electrons. The second kappa shape index (κ2) is 6.21. The molecule has 0 heterocycles. The largest absolute Gasteiger partial charge is 0.457 e. The van der Waals surface area contributed by atoms with Crippen LogP contribution in [-0.2, 0) is 19.9 Å². The van der Waals surface area contributed by atoms with Crippen LogP contribution in [0, 0.1) is 17.3 Å². The minimum Gasteiger partial charge on any atom is -0.457 e. The second-order valence-corrected chi connectivity index (χ2v) is 8.22. The summed E-state index contributed by atoms with van der Waals surface area (Å²) in [6.45, 7) is 5.57. The molecule has 0 saturated heterocycles. The molecule has 5 atom stereocenters. The normalized spacial score (nSPS) is 34.9. The summed E-state index contributed by atoms with van der Waals surface area (Å²) < 4.78 is 52.0. The van der Waals surface area contributed by atoms with Gasteiger partial charge in [0, 0.05) is 12.7 Å². The van der Waals surface area contributed by atoms with Gasteiger partial charge in [0.2, 0.25) is 0 Å². The Hall–Kier alpha value is -1.60. The molecular weight excluding hydrogens is 361 g/mol. The molecule has 0 bridgehead atoms. The van der Waals surface area contributed by atoms with Gasteiger partial charge in [0.05, 0.1) is 0 Å². The highest BCUT2D eigenvalue weighted by molar-refractivity contribution is 5.83. The minimum absolute atomic E-state index is 0.0812. The Balaban J connectivity index is 1.93. The summed E-state index contributed by atoms with van der Waals surface area (Å²) in [6, 6.07) is 6.71. The standard InChI is InChI=1S/C20H25F3O4/c1-12(2)18-10-14(18)17(3,25)15(11-18)27-16(24)19(26-4,20(21,22)23)13-8-6-5-7-9-13/h5-9,12,14-15,25H,10-11H2,1-4H3/t14-,15-,17+,18+,19+/m1/s1. The van der Waals surface area contributed by atoms with Crippen molar-refractivity contribution in [3.05, 3.63) is 35.9 Å². The van der Waals surface area contributed by atoms with Gasteiger partial charge in [0.25, 0.3) is 5.60 Å². The van der Waals surface area contributed by atoms with E-state index in [9.17, 15) is 23.1 Å². The summed E-state index contributed by atoms with van der Waals surface area (Å²) in [5, 5.41) is 10.8. The van der Waals surface area contributed by atoms with E-state index in [2.05, 4.69) is 0 Å². The number of rotatable bonds is 5. The molecule has 1 N–H and O–H groups in total. The van der Waals surface area contributed by atoms with E-state index >= 15 is 0 Å². The van der Waals surface area contributed by atoms with Gasteiger partial charge in [0.15, 0.2) is 0 Å². The monoisotopic (exact) mass is 386 g/mol. The quantitative estimate of drug-likeness (QED) is 0.782. The Morgan fingerprint density at radius 3 is 2.26 bits per heavy atom. The lowest BCUT2D eigenvalue weighted by Crippen LogP contribution is -2.54. The van der Waals surface area contributed by atoms with Crippen molar-refractivity contribution < 1.29 is 32.5 Å². The van der Waals surface area contributed by atoms with Gasteiger partial charge in [-0.15, -0.1) is 0 Å². The van der Waals surface area contributed by atoms with E-state index in [1.807, 2.05) is 13.8 Å². The molecule has 4 nitrogen and oxygen atoms in total. The SMILES string of the molecule is CO[C@](C(=O)O[C@@H]1C[C@]2(C(C)C)C[C@@H]2[C@]1(C)O)(c1ccccc1)C(F)(F)F. The first-order valence-electron chi connectivity index (χ1n) is 9.04. The molecule has 0 aliphatic heterocycles. The van der Waals surface area contributed by atoms with Gasteiger partial charge < -0.3 is 14.6 Å². The smallest absolute Gasteiger partial charge is 0.432 e. The van der Waals surface area contributed by atoms with Gasteiger partial charge in [-0.1, -0.05) is 44.2 Å². The highest BCUT2D eigenvalue weighted by Crippen LogP contribution is 2.71. The molecule has 0 spiro atoms. The first-order valence-corrected chi connectivity index (χ1v) is 9.04. The van der Waals surface area contributed by atoms with Crippen molar-refractivity contribution in [3.63, 3.8) is 0 Å². The van der Waals surface area contributed by atoms with Crippen LogP contribution in [0.2, 0.25) is 0 Å². The number of benzene rings is 1. The molecule has 2 aliphatic rings. The first kappa shape index (κ1) is 20.1. The summed E-state index contributed by atoms with van der Waals surface area (Å²) >= 11 is 0. The van der Waals surface area contributed by atoms with E-state index in [0.717, 1.165) is 13.5 Å². The second-order valence-electron chi connectivity index (χ2n) is 8.22. The van der Waals surface area contributed by atoms with Gasteiger partial charge in [-0.3, -0.25) is 0 Å².